The summed E-state index contributed by atoms with van der Waals surface area (Å²) in [6, 6.07) is 5.98. The molecule has 4 nitrogen and oxygen atoms in total. The summed E-state index contributed by atoms with van der Waals surface area (Å²) in [5, 5.41) is 2.88. The molecule has 1 heterocycles. The summed E-state index contributed by atoms with van der Waals surface area (Å²) in [7, 11) is 0. The molecule has 1 N–H and O–H groups in total. The van der Waals surface area contributed by atoms with E-state index in [0.717, 1.165) is 6.42 Å². The van der Waals surface area contributed by atoms with E-state index in [1.807, 2.05) is 6.92 Å². The number of halogens is 1. The second kappa shape index (κ2) is 6.94. The molecule has 1 unspecified atom stereocenters. The first-order valence-corrected chi connectivity index (χ1v) is 7.84. The Balaban J connectivity index is 2.08. The molecule has 23 heavy (non-hydrogen) atoms. The van der Waals surface area contributed by atoms with Crippen LogP contribution >= 0.6 is 0 Å². The van der Waals surface area contributed by atoms with Crippen molar-refractivity contribution >= 4 is 11.8 Å². The summed E-state index contributed by atoms with van der Waals surface area (Å²) >= 11 is 0. The summed E-state index contributed by atoms with van der Waals surface area (Å²) in [6.45, 7) is 8.09. The third kappa shape index (κ3) is 3.78. The van der Waals surface area contributed by atoms with Gasteiger partial charge in [-0.1, -0.05) is 24.8 Å². The zero-order valence-corrected chi connectivity index (χ0v) is 13.6. The summed E-state index contributed by atoms with van der Waals surface area (Å²) in [5.41, 5.74) is -0.213. The van der Waals surface area contributed by atoms with E-state index in [1.165, 1.54) is 12.1 Å². The molecule has 0 aliphatic carbocycles. The fourth-order valence-corrected chi connectivity index (χ4v) is 3.02. The van der Waals surface area contributed by atoms with Gasteiger partial charge in [-0.05, 0) is 38.8 Å². The van der Waals surface area contributed by atoms with E-state index < -0.39 is 11.5 Å². The van der Waals surface area contributed by atoms with Gasteiger partial charge in [-0.2, -0.15) is 0 Å². The van der Waals surface area contributed by atoms with Gasteiger partial charge < -0.3 is 10.2 Å². The van der Waals surface area contributed by atoms with Crippen LogP contribution in [0, 0.1) is 11.2 Å². The maximum atomic E-state index is 13.8. The van der Waals surface area contributed by atoms with Crippen LogP contribution in [0.3, 0.4) is 0 Å². The number of nitrogens with zero attached hydrogens (tertiary/aromatic N) is 1. The number of hydrogen-bond acceptors (Lipinski definition) is 2. The van der Waals surface area contributed by atoms with Crippen LogP contribution < -0.4 is 5.32 Å². The molecule has 2 atom stereocenters. The molecule has 0 aromatic heterocycles. The zero-order valence-electron chi connectivity index (χ0n) is 13.6. The number of rotatable bonds is 4. The molecule has 5 heteroatoms. The molecule has 1 aromatic rings. The van der Waals surface area contributed by atoms with Crippen molar-refractivity contribution in [3.05, 3.63) is 48.3 Å². The second-order valence-corrected chi connectivity index (χ2v) is 6.34. The monoisotopic (exact) mass is 318 g/mol. The topological polar surface area (TPSA) is 49.4 Å². The van der Waals surface area contributed by atoms with Crippen molar-refractivity contribution in [1.29, 1.82) is 0 Å². The molecule has 1 aliphatic rings. The van der Waals surface area contributed by atoms with Crippen molar-refractivity contribution in [2.45, 2.75) is 32.7 Å². The highest BCUT2D eigenvalue weighted by Crippen LogP contribution is 2.31. The van der Waals surface area contributed by atoms with Crippen LogP contribution in [0.15, 0.2) is 36.9 Å². The van der Waals surface area contributed by atoms with Gasteiger partial charge >= 0.3 is 0 Å². The first-order chi connectivity index (χ1) is 10.9. The Hall–Kier alpha value is -2.17. The van der Waals surface area contributed by atoms with Gasteiger partial charge in [0, 0.05) is 18.7 Å². The molecule has 1 saturated heterocycles. The van der Waals surface area contributed by atoms with Crippen LogP contribution in [-0.4, -0.2) is 29.8 Å². The lowest BCUT2D eigenvalue weighted by Gasteiger charge is -2.39. The first kappa shape index (κ1) is 17.2. The number of hydrogen-bond donors (Lipinski definition) is 1. The number of amides is 2. The Kier molecular flexibility index (Phi) is 5.19. The van der Waals surface area contributed by atoms with E-state index in [4.69, 9.17) is 0 Å². The Morgan fingerprint density at radius 1 is 1.43 bits per heavy atom. The van der Waals surface area contributed by atoms with Crippen molar-refractivity contribution in [3.8, 4) is 0 Å². The number of carbonyl (C=O) groups excluding carboxylic acids is 2. The normalized spacial score (nSPS) is 22.3. The molecule has 0 saturated carbocycles. The summed E-state index contributed by atoms with van der Waals surface area (Å²) in [6.07, 6.45) is 2.73. The maximum absolute atomic E-state index is 13.8. The van der Waals surface area contributed by atoms with Crippen LogP contribution in [0.25, 0.3) is 0 Å². The highest BCUT2D eigenvalue weighted by molar-refractivity contribution is 5.89. The highest BCUT2D eigenvalue weighted by atomic mass is 19.1. The lowest BCUT2D eigenvalue weighted by atomic mass is 9.80. The standard InChI is InChI=1S/C18H23FN2O2/c1-4-16(22)21-11-7-10-18(3,12-21)17(23)20-13(2)14-8-5-6-9-15(14)19/h4-6,8-9,13H,1,7,10-12H2,2-3H3,(H,20,23)/t13-,18?/m1/s1. The predicted molar refractivity (Wildman–Crippen MR) is 87.1 cm³/mol. The van der Waals surface area contributed by atoms with Crippen LogP contribution in [0.2, 0.25) is 0 Å². The van der Waals surface area contributed by atoms with E-state index in [1.54, 1.807) is 30.0 Å². The van der Waals surface area contributed by atoms with Crippen LogP contribution in [0.4, 0.5) is 4.39 Å². The summed E-state index contributed by atoms with van der Waals surface area (Å²) < 4.78 is 13.8. The van der Waals surface area contributed by atoms with Gasteiger partial charge in [0.25, 0.3) is 0 Å². The van der Waals surface area contributed by atoms with Crippen LogP contribution in [0.5, 0.6) is 0 Å². The molecule has 1 aliphatic heterocycles. The van der Waals surface area contributed by atoms with Crippen molar-refractivity contribution in [3.63, 3.8) is 0 Å². The van der Waals surface area contributed by atoms with Gasteiger partial charge in [-0.15, -0.1) is 0 Å². The highest BCUT2D eigenvalue weighted by Gasteiger charge is 2.39. The van der Waals surface area contributed by atoms with Gasteiger partial charge in [-0.3, -0.25) is 9.59 Å². The largest absolute Gasteiger partial charge is 0.349 e. The molecule has 2 amide bonds. The van der Waals surface area contributed by atoms with Gasteiger partial charge in [0.1, 0.15) is 5.82 Å². The minimum Gasteiger partial charge on any atom is -0.349 e. The fourth-order valence-electron chi connectivity index (χ4n) is 3.02. The lowest BCUT2D eigenvalue weighted by molar-refractivity contribution is -0.138. The smallest absolute Gasteiger partial charge is 0.245 e. The molecule has 1 aromatic carbocycles. The van der Waals surface area contributed by atoms with Crippen molar-refractivity contribution < 1.29 is 14.0 Å². The zero-order chi connectivity index (χ0) is 17.0. The van der Waals surface area contributed by atoms with E-state index in [-0.39, 0.29) is 17.6 Å². The Morgan fingerprint density at radius 3 is 2.78 bits per heavy atom. The van der Waals surface area contributed by atoms with Gasteiger partial charge in [0.15, 0.2) is 0 Å². The van der Waals surface area contributed by atoms with Crippen molar-refractivity contribution in [1.82, 2.24) is 10.2 Å². The average Bonchev–Trinajstić information content (AvgIpc) is 2.54. The SMILES string of the molecule is C=CC(=O)N1CCCC(C)(C(=O)N[C@H](C)c2ccccc2F)C1. The van der Waals surface area contributed by atoms with E-state index >= 15 is 0 Å². The van der Waals surface area contributed by atoms with Crippen molar-refractivity contribution in [2.24, 2.45) is 5.41 Å². The van der Waals surface area contributed by atoms with Gasteiger partial charge in [0.05, 0.1) is 11.5 Å². The number of carbonyl (C=O) groups is 2. The number of piperidine rings is 1. The Labute approximate surface area is 136 Å². The fraction of sp³-hybridized carbons (Fsp3) is 0.444. The molecule has 1 fully saturated rings. The van der Waals surface area contributed by atoms with E-state index in [2.05, 4.69) is 11.9 Å². The van der Waals surface area contributed by atoms with Crippen molar-refractivity contribution in [2.75, 3.05) is 13.1 Å². The molecule has 0 radical (unpaired) electrons. The van der Waals surface area contributed by atoms with Gasteiger partial charge in [0.2, 0.25) is 11.8 Å². The second-order valence-electron chi connectivity index (χ2n) is 6.34. The lowest BCUT2D eigenvalue weighted by Crippen LogP contribution is -2.52. The quantitative estimate of drug-likeness (QED) is 0.868. The number of nitrogens with one attached hydrogen (secondary N) is 1. The minimum absolute atomic E-state index is 0.158. The van der Waals surface area contributed by atoms with E-state index in [9.17, 15) is 14.0 Å². The molecular formula is C18H23FN2O2. The Morgan fingerprint density at radius 2 is 2.13 bits per heavy atom. The third-order valence-corrected chi connectivity index (χ3v) is 4.45. The minimum atomic E-state index is -0.670. The molecular weight excluding hydrogens is 295 g/mol. The molecule has 0 bridgehead atoms. The van der Waals surface area contributed by atoms with Crippen LogP contribution in [0.1, 0.15) is 38.3 Å². The summed E-state index contributed by atoms with van der Waals surface area (Å²) in [4.78, 5) is 26.1. The first-order valence-electron chi connectivity index (χ1n) is 7.84. The van der Waals surface area contributed by atoms with Gasteiger partial charge in [-0.25, -0.2) is 4.39 Å². The molecule has 0 spiro atoms. The van der Waals surface area contributed by atoms with E-state index in [0.29, 0.717) is 25.1 Å². The number of likely N-dealkylation sites (tertiary alicyclic amines) is 1. The Bertz CT molecular complexity index is 617. The average molecular weight is 318 g/mol. The predicted octanol–water partition coefficient (Wildman–Crippen LogP) is 2.82. The maximum Gasteiger partial charge on any atom is 0.245 e. The molecule has 124 valence electrons. The molecule has 2 rings (SSSR count). The third-order valence-electron chi connectivity index (χ3n) is 4.45. The number of benzene rings is 1. The van der Waals surface area contributed by atoms with Crippen LogP contribution in [-0.2, 0) is 9.59 Å². The summed E-state index contributed by atoms with van der Waals surface area (Å²) in [5.74, 6) is -0.654.